The lowest BCUT2D eigenvalue weighted by atomic mass is 9.82. The van der Waals surface area contributed by atoms with E-state index in [1.165, 1.54) is 21.3 Å². The summed E-state index contributed by atoms with van der Waals surface area (Å²) < 4.78 is 27.1. The third-order valence-corrected chi connectivity index (χ3v) is 7.73. The number of nitrogens with zero attached hydrogens (tertiary/aromatic N) is 2. The van der Waals surface area contributed by atoms with E-state index in [9.17, 15) is 14.4 Å². The quantitative estimate of drug-likeness (QED) is 0.429. The summed E-state index contributed by atoms with van der Waals surface area (Å²) in [6.45, 7) is 3.06. The van der Waals surface area contributed by atoms with Crippen molar-refractivity contribution in [1.29, 1.82) is 0 Å². The third kappa shape index (κ3) is 5.80. The number of hydrogen-bond donors (Lipinski definition) is 0. The number of rotatable bonds is 9. The number of esters is 1. The molecule has 216 valence electrons. The van der Waals surface area contributed by atoms with Crippen molar-refractivity contribution >= 4 is 23.5 Å². The predicted octanol–water partition coefficient (Wildman–Crippen LogP) is 4.01. The minimum atomic E-state index is -0.578. The maximum Gasteiger partial charge on any atom is 0.309 e. The Morgan fingerprint density at radius 3 is 2.02 bits per heavy atom. The van der Waals surface area contributed by atoms with Crippen molar-refractivity contribution in [3.63, 3.8) is 0 Å². The van der Waals surface area contributed by atoms with Crippen LogP contribution in [0.2, 0.25) is 0 Å². The molecule has 2 saturated heterocycles. The highest BCUT2D eigenvalue weighted by Gasteiger charge is 2.44. The second-order valence-corrected chi connectivity index (χ2v) is 9.86. The van der Waals surface area contributed by atoms with Crippen LogP contribution >= 0.6 is 0 Å². The normalized spacial score (nSPS) is 19.7. The molecule has 2 atom stereocenters. The largest absolute Gasteiger partial charge is 0.497 e. The van der Waals surface area contributed by atoms with E-state index in [1.54, 1.807) is 31.1 Å². The van der Waals surface area contributed by atoms with Crippen LogP contribution in [0.25, 0.3) is 0 Å². The van der Waals surface area contributed by atoms with Crippen LogP contribution in [0.1, 0.15) is 44.2 Å². The Bertz CT molecular complexity index is 1180. The average molecular weight is 555 g/mol. The van der Waals surface area contributed by atoms with Gasteiger partial charge in [-0.15, -0.1) is 0 Å². The Morgan fingerprint density at radius 2 is 1.50 bits per heavy atom. The topological polar surface area (TPSA) is 104 Å². The summed E-state index contributed by atoms with van der Waals surface area (Å²) >= 11 is 0. The van der Waals surface area contributed by atoms with E-state index in [0.29, 0.717) is 67.6 Å². The Kier molecular flexibility index (Phi) is 9.39. The summed E-state index contributed by atoms with van der Waals surface area (Å²) in [7, 11) is 6.15. The first-order valence-electron chi connectivity index (χ1n) is 13.6. The molecule has 4 rings (SSSR count). The first-order chi connectivity index (χ1) is 19.4. The summed E-state index contributed by atoms with van der Waals surface area (Å²) in [5.74, 6) is 0.857. The molecule has 0 radical (unpaired) electrons. The van der Waals surface area contributed by atoms with Gasteiger partial charge in [0.15, 0.2) is 11.5 Å². The Morgan fingerprint density at radius 1 is 0.875 bits per heavy atom. The van der Waals surface area contributed by atoms with Crippen LogP contribution in [-0.2, 0) is 19.1 Å². The van der Waals surface area contributed by atoms with E-state index in [1.807, 2.05) is 29.2 Å². The van der Waals surface area contributed by atoms with Crippen LogP contribution in [0, 0.1) is 11.8 Å². The number of hydrogen-bond acceptors (Lipinski definition) is 8. The zero-order chi connectivity index (χ0) is 28.8. The highest BCUT2D eigenvalue weighted by atomic mass is 16.5. The van der Waals surface area contributed by atoms with Crippen LogP contribution in [0.5, 0.6) is 23.0 Å². The molecule has 2 heterocycles. The van der Waals surface area contributed by atoms with Gasteiger partial charge in [-0.25, -0.2) is 0 Å². The van der Waals surface area contributed by atoms with Gasteiger partial charge in [0, 0.05) is 31.6 Å². The minimum absolute atomic E-state index is 0.0342. The lowest BCUT2D eigenvalue weighted by Crippen LogP contribution is -2.51. The van der Waals surface area contributed by atoms with Crippen molar-refractivity contribution < 1.29 is 38.1 Å². The molecule has 0 aliphatic carbocycles. The van der Waals surface area contributed by atoms with Gasteiger partial charge < -0.3 is 33.5 Å². The highest BCUT2D eigenvalue weighted by molar-refractivity contribution is 5.98. The fraction of sp³-hybridized carbons (Fsp3) is 0.500. The Hall–Kier alpha value is -3.95. The number of likely N-dealkylation sites (tertiary alicyclic amines) is 1. The van der Waals surface area contributed by atoms with Crippen LogP contribution < -0.4 is 23.8 Å². The van der Waals surface area contributed by atoms with Crippen molar-refractivity contribution in [3.8, 4) is 23.0 Å². The lowest BCUT2D eigenvalue weighted by Gasteiger charge is -2.43. The van der Waals surface area contributed by atoms with Crippen LogP contribution in [0.15, 0.2) is 36.4 Å². The van der Waals surface area contributed by atoms with Gasteiger partial charge in [-0.2, -0.15) is 0 Å². The molecule has 2 fully saturated rings. The van der Waals surface area contributed by atoms with E-state index in [-0.39, 0.29) is 30.1 Å². The molecule has 2 aromatic rings. The van der Waals surface area contributed by atoms with E-state index in [0.717, 1.165) is 5.56 Å². The molecule has 2 aliphatic rings. The van der Waals surface area contributed by atoms with E-state index in [4.69, 9.17) is 23.7 Å². The van der Waals surface area contributed by atoms with E-state index in [2.05, 4.69) is 0 Å². The van der Waals surface area contributed by atoms with Gasteiger partial charge in [-0.3, -0.25) is 14.4 Å². The third-order valence-electron chi connectivity index (χ3n) is 7.73. The predicted molar refractivity (Wildman–Crippen MR) is 148 cm³/mol. The van der Waals surface area contributed by atoms with Gasteiger partial charge in [0.25, 0.3) is 0 Å². The first-order valence-corrected chi connectivity index (χ1v) is 13.6. The van der Waals surface area contributed by atoms with Crippen molar-refractivity contribution in [2.24, 2.45) is 11.8 Å². The molecule has 40 heavy (non-hydrogen) atoms. The maximum absolute atomic E-state index is 14.1. The Labute approximate surface area is 235 Å². The van der Waals surface area contributed by atoms with Gasteiger partial charge in [-0.1, -0.05) is 12.1 Å². The molecule has 2 aliphatic heterocycles. The van der Waals surface area contributed by atoms with Gasteiger partial charge in [0.1, 0.15) is 5.75 Å². The lowest BCUT2D eigenvalue weighted by molar-refractivity contribution is -0.152. The molecule has 0 aromatic heterocycles. The number of amides is 2. The van der Waals surface area contributed by atoms with E-state index < -0.39 is 12.0 Å². The number of carbonyl (C=O) groups is 3. The van der Waals surface area contributed by atoms with Gasteiger partial charge in [0.2, 0.25) is 17.6 Å². The van der Waals surface area contributed by atoms with Gasteiger partial charge in [-0.05, 0) is 43.9 Å². The SMILES string of the molecule is CCOC(=O)C1CCN(C(=O)[C@H]2CCC(=O)N(c3cc(OC)c(OC)c(OC)c3)[C@H]2c2ccc(OC)cc2)CC1. The summed E-state index contributed by atoms with van der Waals surface area (Å²) in [5.41, 5.74) is 1.35. The number of anilines is 1. The summed E-state index contributed by atoms with van der Waals surface area (Å²) in [5, 5.41) is 0. The van der Waals surface area contributed by atoms with Crippen LogP contribution in [0.4, 0.5) is 5.69 Å². The van der Waals surface area contributed by atoms with Crippen LogP contribution in [-0.4, -0.2) is 70.8 Å². The molecule has 10 nitrogen and oxygen atoms in total. The number of benzene rings is 2. The monoisotopic (exact) mass is 554 g/mol. The zero-order valence-electron chi connectivity index (χ0n) is 23.8. The van der Waals surface area contributed by atoms with Gasteiger partial charge >= 0.3 is 5.97 Å². The molecule has 0 unspecified atom stereocenters. The summed E-state index contributed by atoms with van der Waals surface area (Å²) in [4.78, 5) is 43.4. The van der Waals surface area contributed by atoms with Crippen molar-refractivity contribution in [2.75, 3.05) is 53.0 Å². The minimum Gasteiger partial charge on any atom is -0.497 e. The highest BCUT2D eigenvalue weighted by Crippen LogP contribution is 2.47. The molecule has 10 heteroatoms. The molecular formula is C30H38N2O8. The maximum atomic E-state index is 14.1. The Balaban J connectivity index is 1.72. The second-order valence-electron chi connectivity index (χ2n) is 9.86. The fourth-order valence-corrected chi connectivity index (χ4v) is 5.67. The first kappa shape index (κ1) is 29.0. The molecule has 0 saturated carbocycles. The fourth-order valence-electron chi connectivity index (χ4n) is 5.67. The molecule has 0 N–H and O–H groups in total. The number of ether oxygens (including phenoxy) is 5. The standard InChI is InChI=1S/C30H38N2O8/c1-6-40-30(35)20-13-15-31(16-14-20)29(34)23-11-12-26(33)32(27(23)19-7-9-22(36-2)10-8-19)21-17-24(37-3)28(39-5)25(18-21)38-4/h7-10,17-18,20,23,27H,6,11-16H2,1-5H3/t23-,27-/m0/s1. The van der Waals surface area contributed by atoms with Crippen LogP contribution in [0.3, 0.4) is 0 Å². The van der Waals surface area contributed by atoms with Crippen molar-refractivity contribution in [3.05, 3.63) is 42.0 Å². The molecule has 2 aromatic carbocycles. The number of carbonyl (C=O) groups excluding carboxylic acids is 3. The molecular weight excluding hydrogens is 516 g/mol. The number of methoxy groups -OCH3 is 4. The summed E-state index contributed by atoms with van der Waals surface area (Å²) in [6.07, 6.45) is 1.73. The molecule has 2 amide bonds. The van der Waals surface area contributed by atoms with Gasteiger partial charge in [0.05, 0.1) is 58.6 Å². The molecule has 0 bridgehead atoms. The average Bonchev–Trinajstić information content (AvgIpc) is 3.00. The van der Waals surface area contributed by atoms with Crippen molar-refractivity contribution in [1.82, 2.24) is 4.90 Å². The molecule has 0 spiro atoms. The number of piperidine rings is 2. The summed E-state index contributed by atoms with van der Waals surface area (Å²) in [6, 6.07) is 10.3. The smallest absolute Gasteiger partial charge is 0.309 e. The van der Waals surface area contributed by atoms with Crippen molar-refractivity contribution in [2.45, 2.75) is 38.6 Å². The zero-order valence-corrected chi connectivity index (χ0v) is 23.8. The second kappa shape index (κ2) is 12.9. The van der Waals surface area contributed by atoms with E-state index >= 15 is 0 Å².